The summed E-state index contributed by atoms with van der Waals surface area (Å²) < 4.78 is 64.8. The van der Waals surface area contributed by atoms with Crippen LogP contribution < -0.4 is 0 Å². The molecule has 0 N–H and O–H groups in total. The number of carbonyl (C=O) groups excluding carboxylic acids is 1. The summed E-state index contributed by atoms with van der Waals surface area (Å²) in [5.41, 5.74) is -0.311. The van der Waals surface area contributed by atoms with Crippen LogP contribution in [0.4, 0.5) is 13.2 Å². The number of amides is 1. The Morgan fingerprint density at radius 3 is 2.31 bits per heavy atom. The molecule has 3 rings (SSSR count). The van der Waals surface area contributed by atoms with Crippen LogP contribution in [0, 0.1) is 0 Å². The third-order valence-electron chi connectivity index (χ3n) is 4.41. The number of nitrogens with zero attached hydrogens (tertiary/aromatic N) is 4. The van der Waals surface area contributed by atoms with Crippen LogP contribution in [0.2, 0.25) is 0 Å². The Hall–Kier alpha value is -2.66. The van der Waals surface area contributed by atoms with Gasteiger partial charge in [-0.05, 0) is 17.7 Å². The average Bonchev–Trinajstić information content (AvgIpc) is 3.16. The fourth-order valence-electron chi connectivity index (χ4n) is 2.85. The van der Waals surface area contributed by atoms with Crippen LogP contribution in [0.25, 0.3) is 6.08 Å². The highest BCUT2D eigenvalue weighted by atomic mass is 32.2. The second-order valence-electron chi connectivity index (χ2n) is 6.43. The predicted octanol–water partition coefficient (Wildman–Crippen LogP) is 2.05. The Kier molecular flexibility index (Phi) is 6.08. The van der Waals surface area contributed by atoms with Crippen LogP contribution in [0.3, 0.4) is 0 Å². The number of rotatable bonds is 5. The Morgan fingerprint density at radius 2 is 1.72 bits per heavy atom. The standard InChI is InChI=1S/C18H19F3N4O3S/c19-18(20,21)16-6-8-24(22-16)14-17(26)23-9-11-25(12-10-23)29(27,28)13-7-15-4-2-1-3-5-15/h1-8,13H,9-12,14H2/b13-7+. The lowest BCUT2D eigenvalue weighted by Crippen LogP contribution is -2.50. The molecular formula is C18H19F3N4O3S. The molecule has 0 atom stereocenters. The zero-order valence-corrected chi connectivity index (χ0v) is 16.1. The summed E-state index contributed by atoms with van der Waals surface area (Å²) in [5.74, 6) is -0.418. The molecule has 29 heavy (non-hydrogen) atoms. The molecule has 1 aromatic heterocycles. The number of sulfonamides is 1. The van der Waals surface area contributed by atoms with Crippen molar-refractivity contribution in [1.82, 2.24) is 19.0 Å². The van der Waals surface area contributed by atoms with Crippen molar-refractivity contribution in [2.45, 2.75) is 12.7 Å². The monoisotopic (exact) mass is 428 g/mol. The maximum atomic E-state index is 12.6. The van der Waals surface area contributed by atoms with Crippen LogP contribution >= 0.6 is 0 Å². The van der Waals surface area contributed by atoms with E-state index in [1.807, 2.05) is 6.07 Å². The van der Waals surface area contributed by atoms with Gasteiger partial charge in [0.15, 0.2) is 5.69 Å². The summed E-state index contributed by atoms with van der Waals surface area (Å²) in [7, 11) is -3.63. The Morgan fingerprint density at radius 1 is 1.07 bits per heavy atom. The van der Waals surface area contributed by atoms with E-state index in [0.717, 1.165) is 27.9 Å². The van der Waals surface area contributed by atoms with Crippen molar-refractivity contribution in [3.63, 3.8) is 0 Å². The molecule has 0 bridgehead atoms. The SMILES string of the molecule is O=C(Cn1ccc(C(F)(F)F)n1)N1CCN(S(=O)(=O)/C=C/c2ccccc2)CC1. The second kappa shape index (κ2) is 8.37. The van der Waals surface area contributed by atoms with Crippen LogP contribution in [0.15, 0.2) is 48.0 Å². The molecule has 2 heterocycles. The maximum Gasteiger partial charge on any atom is 0.435 e. The molecule has 1 aliphatic heterocycles. The van der Waals surface area contributed by atoms with Gasteiger partial charge < -0.3 is 4.90 Å². The molecule has 0 radical (unpaired) electrons. The maximum absolute atomic E-state index is 12.6. The third-order valence-corrected chi connectivity index (χ3v) is 5.98. The van der Waals surface area contributed by atoms with E-state index in [0.29, 0.717) is 0 Å². The topological polar surface area (TPSA) is 75.5 Å². The molecule has 0 saturated carbocycles. The lowest BCUT2D eigenvalue weighted by Gasteiger charge is -2.33. The van der Waals surface area contributed by atoms with E-state index < -0.39 is 27.8 Å². The van der Waals surface area contributed by atoms with Gasteiger partial charge in [0.2, 0.25) is 15.9 Å². The lowest BCUT2D eigenvalue weighted by atomic mass is 10.2. The summed E-state index contributed by atoms with van der Waals surface area (Å²) in [6.07, 6.45) is -1.97. The van der Waals surface area contributed by atoms with E-state index >= 15 is 0 Å². The van der Waals surface area contributed by atoms with Gasteiger partial charge >= 0.3 is 6.18 Å². The quantitative estimate of drug-likeness (QED) is 0.731. The predicted molar refractivity (Wildman–Crippen MR) is 99.8 cm³/mol. The van der Waals surface area contributed by atoms with Gasteiger partial charge in [-0.1, -0.05) is 30.3 Å². The fraction of sp³-hybridized carbons (Fsp3) is 0.333. The highest BCUT2D eigenvalue weighted by Gasteiger charge is 2.34. The zero-order chi connectivity index (χ0) is 21.1. The number of benzene rings is 1. The molecule has 0 aliphatic carbocycles. The number of carbonyl (C=O) groups is 1. The molecule has 1 aromatic carbocycles. The van der Waals surface area contributed by atoms with Gasteiger partial charge in [0.1, 0.15) is 6.54 Å². The van der Waals surface area contributed by atoms with Gasteiger partial charge in [0, 0.05) is 37.8 Å². The molecule has 1 saturated heterocycles. The van der Waals surface area contributed by atoms with Crippen LogP contribution in [0.1, 0.15) is 11.3 Å². The summed E-state index contributed by atoms with van der Waals surface area (Å²) in [4.78, 5) is 13.7. The van der Waals surface area contributed by atoms with Gasteiger partial charge in [0.25, 0.3) is 0 Å². The molecule has 0 unspecified atom stereocenters. The van der Waals surface area contributed by atoms with E-state index in [1.54, 1.807) is 24.3 Å². The van der Waals surface area contributed by atoms with Crippen LogP contribution in [-0.4, -0.2) is 59.5 Å². The highest BCUT2D eigenvalue weighted by molar-refractivity contribution is 7.92. The first kappa shape index (κ1) is 21.1. The van der Waals surface area contributed by atoms with Crippen molar-refractivity contribution in [3.8, 4) is 0 Å². The Bertz CT molecular complexity index is 979. The molecular weight excluding hydrogens is 409 g/mol. The van der Waals surface area contributed by atoms with Crippen molar-refractivity contribution in [2.24, 2.45) is 0 Å². The first-order valence-corrected chi connectivity index (χ1v) is 10.3. The molecule has 156 valence electrons. The van der Waals surface area contributed by atoms with Crippen LogP contribution in [0.5, 0.6) is 0 Å². The van der Waals surface area contributed by atoms with E-state index in [4.69, 9.17) is 0 Å². The van der Waals surface area contributed by atoms with Crippen molar-refractivity contribution in [1.29, 1.82) is 0 Å². The third kappa shape index (κ3) is 5.45. The number of hydrogen-bond acceptors (Lipinski definition) is 4. The number of halogens is 3. The summed E-state index contributed by atoms with van der Waals surface area (Å²) in [5, 5.41) is 4.48. The van der Waals surface area contributed by atoms with Gasteiger partial charge in [-0.2, -0.15) is 22.6 Å². The minimum absolute atomic E-state index is 0.111. The lowest BCUT2D eigenvalue weighted by molar-refractivity contribution is -0.142. The molecule has 1 aliphatic rings. The van der Waals surface area contributed by atoms with Crippen LogP contribution in [-0.2, 0) is 27.5 Å². The molecule has 2 aromatic rings. The second-order valence-corrected chi connectivity index (χ2v) is 8.25. The van der Waals surface area contributed by atoms with Gasteiger partial charge in [-0.25, -0.2) is 8.42 Å². The Labute approximate surface area is 166 Å². The highest BCUT2D eigenvalue weighted by Crippen LogP contribution is 2.27. The van der Waals surface area contributed by atoms with E-state index in [9.17, 15) is 26.4 Å². The molecule has 1 fully saturated rings. The fourth-order valence-corrected chi connectivity index (χ4v) is 4.02. The first-order chi connectivity index (χ1) is 13.6. The minimum atomic E-state index is -4.57. The molecule has 0 spiro atoms. The van der Waals surface area contributed by atoms with Gasteiger partial charge in [-0.3, -0.25) is 9.48 Å². The van der Waals surface area contributed by atoms with Gasteiger partial charge in [-0.15, -0.1) is 0 Å². The number of hydrogen-bond donors (Lipinski definition) is 0. The molecule has 7 nitrogen and oxygen atoms in total. The number of piperazine rings is 1. The summed E-state index contributed by atoms with van der Waals surface area (Å²) in [6.45, 7) is 0.201. The van der Waals surface area contributed by atoms with E-state index in [-0.39, 0.29) is 32.7 Å². The van der Waals surface area contributed by atoms with Crippen molar-refractivity contribution in [3.05, 3.63) is 59.3 Å². The summed E-state index contributed by atoms with van der Waals surface area (Å²) >= 11 is 0. The Balaban J connectivity index is 1.55. The molecule has 11 heteroatoms. The largest absolute Gasteiger partial charge is 0.435 e. The smallest absolute Gasteiger partial charge is 0.338 e. The average molecular weight is 428 g/mol. The van der Waals surface area contributed by atoms with E-state index in [2.05, 4.69) is 5.10 Å². The van der Waals surface area contributed by atoms with Crippen molar-refractivity contribution < 1.29 is 26.4 Å². The molecule has 1 amide bonds. The summed E-state index contributed by atoms with van der Waals surface area (Å²) in [6, 6.07) is 9.79. The van der Waals surface area contributed by atoms with Crippen molar-refractivity contribution in [2.75, 3.05) is 26.2 Å². The van der Waals surface area contributed by atoms with Gasteiger partial charge in [0.05, 0.1) is 0 Å². The minimum Gasteiger partial charge on any atom is -0.338 e. The first-order valence-electron chi connectivity index (χ1n) is 8.77. The van der Waals surface area contributed by atoms with Crippen molar-refractivity contribution >= 4 is 22.0 Å². The van der Waals surface area contributed by atoms with E-state index in [1.165, 1.54) is 15.3 Å². The number of alkyl halides is 3. The zero-order valence-electron chi connectivity index (χ0n) is 15.3. The normalized spacial score (nSPS) is 16.4. The number of aromatic nitrogens is 2.